The molecule has 0 amide bonds. The van der Waals surface area contributed by atoms with Gasteiger partial charge in [0, 0.05) is 19.3 Å². The first-order valence-corrected chi connectivity index (χ1v) is 25.9. The van der Waals surface area contributed by atoms with Crippen LogP contribution in [-0.2, 0) is 28.6 Å². The molecule has 0 saturated carbocycles. The Balaban J connectivity index is 4.47. The molecule has 0 radical (unpaired) electrons. The van der Waals surface area contributed by atoms with Crippen LogP contribution in [-0.4, -0.2) is 37.2 Å². The van der Waals surface area contributed by atoms with Gasteiger partial charge in [-0.3, -0.25) is 14.4 Å². The Hall–Kier alpha value is -3.15. The van der Waals surface area contributed by atoms with Gasteiger partial charge in [-0.2, -0.15) is 0 Å². The zero-order chi connectivity index (χ0) is 45.1. The Morgan fingerprint density at radius 1 is 0.339 bits per heavy atom. The summed E-state index contributed by atoms with van der Waals surface area (Å²) < 4.78 is 16.7. The van der Waals surface area contributed by atoms with Crippen LogP contribution in [0.2, 0.25) is 0 Å². The molecule has 0 aliphatic rings. The van der Waals surface area contributed by atoms with Crippen molar-refractivity contribution in [3.8, 4) is 0 Å². The zero-order valence-corrected chi connectivity index (χ0v) is 40.6. The third kappa shape index (κ3) is 47.9. The summed E-state index contributed by atoms with van der Waals surface area (Å²) in [6.07, 6.45) is 63.2. The highest BCUT2D eigenvalue weighted by Gasteiger charge is 2.19. The Labute approximate surface area is 382 Å². The molecule has 0 bridgehead atoms. The van der Waals surface area contributed by atoms with Crippen molar-refractivity contribution in [2.45, 2.75) is 252 Å². The molecular weight excluding hydrogens is 769 g/mol. The molecule has 0 aromatic carbocycles. The van der Waals surface area contributed by atoms with Crippen LogP contribution < -0.4 is 0 Å². The predicted octanol–water partition coefficient (Wildman–Crippen LogP) is 17.0. The summed E-state index contributed by atoms with van der Waals surface area (Å²) in [5.74, 6) is -0.979. The minimum Gasteiger partial charge on any atom is -0.462 e. The van der Waals surface area contributed by atoms with Gasteiger partial charge in [-0.25, -0.2) is 0 Å². The Morgan fingerprint density at radius 3 is 0.984 bits per heavy atom. The van der Waals surface area contributed by atoms with Crippen LogP contribution in [0.25, 0.3) is 0 Å². The number of hydrogen-bond acceptors (Lipinski definition) is 6. The molecule has 0 spiro atoms. The predicted molar refractivity (Wildman–Crippen MR) is 265 cm³/mol. The molecule has 0 aromatic rings. The zero-order valence-electron chi connectivity index (χ0n) is 40.6. The van der Waals surface area contributed by atoms with Crippen molar-refractivity contribution in [2.75, 3.05) is 13.2 Å². The van der Waals surface area contributed by atoms with E-state index in [1.807, 2.05) is 6.08 Å². The van der Waals surface area contributed by atoms with E-state index in [-0.39, 0.29) is 37.5 Å². The molecule has 0 aromatic heterocycles. The normalized spacial score (nSPS) is 12.6. The molecule has 0 fully saturated rings. The number of rotatable bonds is 46. The van der Waals surface area contributed by atoms with Crippen molar-refractivity contribution in [1.29, 1.82) is 0 Å². The second-order valence-electron chi connectivity index (χ2n) is 17.1. The standard InChI is InChI=1S/C56H96O6/c1-4-7-10-13-16-19-22-25-26-27-28-29-30-32-34-37-40-43-46-49-55(58)61-52-53(51-60-54(57)48-45-42-39-36-33-24-21-18-15-12-9-6-3)62-56(59)50-47-44-41-38-35-31-23-20-17-14-11-8-5-2/h7,10,16,19,25-26,28-29,32,34,40,43,53H,4-6,8-9,11-15,17-18,20-24,27,30-31,33,35-39,41-42,44-52H2,1-3H3/b10-7-,19-16-,26-25-,29-28-,34-32-,43-40-/t53-/m1/s1. The molecule has 0 aliphatic heterocycles. The first kappa shape index (κ1) is 58.9. The summed E-state index contributed by atoms with van der Waals surface area (Å²) in [5, 5.41) is 0. The van der Waals surface area contributed by atoms with Crippen molar-refractivity contribution in [3.63, 3.8) is 0 Å². The fraction of sp³-hybridized carbons (Fsp3) is 0.732. The first-order valence-electron chi connectivity index (χ1n) is 25.9. The summed E-state index contributed by atoms with van der Waals surface area (Å²) in [6, 6.07) is 0. The molecule has 6 nitrogen and oxygen atoms in total. The lowest BCUT2D eigenvalue weighted by molar-refractivity contribution is -0.166. The highest BCUT2D eigenvalue weighted by atomic mass is 16.6. The average molecular weight is 865 g/mol. The summed E-state index contributed by atoms with van der Waals surface area (Å²) in [6.45, 7) is 6.46. The van der Waals surface area contributed by atoms with Crippen LogP contribution in [0.4, 0.5) is 0 Å². The molecule has 1 atom stereocenters. The van der Waals surface area contributed by atoms with Crippen molar-refractivity contribution >= 4 is 17.9 Å². The molecule has 6 heteroatoms. The van der Waals surface area contributed by atoms with Gasteiger partial charge in [0.2, 0.25) is 0 Å². The maximum absolute atomic E-state index is 12.8. The van der Waals surface area contributed by atoms with E-state index in [1.165, 1.54) is 122 Å². The van der Waals surface area contributed by atoms with Crippen molar-refractivity contribution in [3.05, 3.63) is 72.9 Å². The van der Waals surface area contributed by atoms with Gasteiger partial charge in [0.1, 0.15) is 13.2 Å². The van der Waals surface area contributed by atoms with Crippen molar-refractivity contribution < 1.29 is 28.6 Å². The highest BCUT2D eigenvalue weighted by molar-refractivity contribution is 5.71. The van der Waals surface area contributed by atoms with Gasteiger partial charge < -0.3 is 14.2 Å². The number of unbranched alkanes of at least 4 members (excludes halogenated alkanes) is 23. The molecule has 62 heavy (non-hydrogen) atoms. The molecule has 356 valence electrons. The second-order valence-corrected chi connectivity index (χ2v) is 17.1. The van der Waals surface area contributed by atoms with Crippen LogP contribution >= 0.6 is 0 Å². The van der Waals surface area contributed by atoms with E-state index in [4.69, 9.17) is 14.2 Å². The Bertz CT molecular complexity index is 1180. The van der Waals surface area contributed by atoms with E-state index < -0.39 is 6.10 Å². The third-order valence-corrected chi connectivity index (χ3v) is 11.0. The van der Waals surface area contributed by atoms with Crippen LogP contribution in [0.1, 0.15) is 245 Å². The molecule has 0 saturated heterocycles. The number of ether oxygens (including phenoxy) is 3. The summed E-state index contributed by atoms with van der Waals surface area (Å²) in [5.41, 5.74) is 0. The van der Waals surface area contributed by atoms with E-state index in [0.717, 1.165) is 77.0 Å². The smallest absolute Gasteiger partial charge is 0.306 e. The van der Waals surface area contributed by atoms with Crippen LogP contribution in [0.5, 0.6) is 0 Å². The topological polar surface area (TPSA) is 78.9 Å². The van der Waals surface area contributed by atoms with Crippen molar-refractivity contribution in [1.82, 2.24) is 0 Å². The molecule has 0 heterocycles. The molecule has 0 rings (SSSR count). The van der Waals surface area contributed by atoms with Gasteiger partial charge in [0.25, 0.3) is 0 Å². The maximum atomic E-state index is 12.8. The SMILES string of the molecule is CC/C=C\C/C=C\C/C=C\C/C=C\C/C=C\C/C=C\CCC(=O)OC[C@@H](COC(=O)CCCCCCCCCCCCCC)OC(=O)CCCCCCCCCCCCCCC. The molecule has 0 N–H and O–H groups in total. The minimum atomic E-state index is -0.801. The lowest BCUT2D eigenvalue weighted by atomic mass is 10.0. The van der Waals surface area contributed by atoms with Crippen LogP contribution in [0, 0.1) is 0 Å². The highest BCUT2D eigenvalue weighted by Crippen LogP contribution is 2.15. The van der Waals surface area contributed by atoms with Gasteiger partial charge in [-0.05, 0) is 57.8 Å². The van der Waals surface area contributed by atoms with E-state index in [9.17, 15) is 14.4 Å². The second kappa shape index (κ2) is 50.5. The van der Waals surface area contributed by atoms with Gasteiger partial charge >= 0.3 is 17.9 Å². The lowest BCUT2D eigenvalue weighted by Gasteiger charge is -2.18. The minimum absolute atomic E-state index is 0.0954. The molecule has 0 unspecified atom stereocenters. The largest absolute Gasteiger partial charge is 0.462 e. The van der Waals surface area contributed by atoms with E-state index in [2.05, 4.69) is 87.6 Å². The fourth-order valence-corrected chi connectivity index (χ4v) is 7.12. The third-order valence-electron chi connectivity index (χ3n) is 11.0. The lowest BCUT2D eigenvalue weighted by Crippen LogP contribution is -2.30. The number of carbonyl (C=O) groups excluding carboxylic acids is 3. The maximum Gasteiger partial charge on any atom is 0.306 e. The summed E-state index contributed by atoms with van der Waals surface area (Å²) >= 11 is 0. The quantitative estimate of drug-likeness (QED) is 0.0262. The van der Waals surface area contributed by atoms with E-state index in [0.29, 0.717) is 19.3 Å². The first-order chi connectivity index (χ1) is 30.5. The van der Waals surface area contributed by atoms with E-state index >= 15 is 0 Å². The van der Waals surface area contributed by atoms with Gasteiger partial charge in [0.05, 0.1) is 0 Å². The molecule has 0 aliphatic carbocycles. The van der Waals surface area contributed by atoms with Gasteiger partial charge in [-0.15, -0.1) is 0 Å². The van der Waals surface area contributed by atoms with Crippen LogP contribution in [0.15, 0.2) is 72.9 Å². The Morgan fingerprint density at radius 2 is 0.629 bits per heavy atom. The number of carbonyl (C=O) groups is 3. The summed E-state index contributed by atoms with van der Waals surface area (Å²) in [7, 11) is 0. The monoisotopic (exact) mass is 865 g/mol. The number of hydrogen-bond donors (Lipinski definition) is 0. The number of allylic oxidation sites excluding steroid dienone is 12. The number of esters is 3. The van der Waals surface area contributed by atoms with E-state index in [1.54, 1.807) is 0 Å². The van der Waals surface area contributed by atoms with Gasteiger partial charge in [0.15, 0.2) is 6.10 Å². The van der Waals surface area contributed by atoms with Crippen LogP contribution in [0.3, 0.4) is 0 Å². The summed E-state index contributed by atoms with van der Waals surface area (Å²) in [4.78, 5) is 37.9. The van der Waals surface area contributed by atoms with Gasteiger partial charge in [-0.1, -0.05) is 241 Å². The fourth-order valence-electron chi connectivity index (χ4n) is 7.12. The van der Waals surface area contributed by atoms with Crippen molar-refractivity contribution in [2.24, 2.45) is 0 Å². The Kier molecular flexibility index (Phi) is 47.9. The average Bonchev–Trinajstić information content (AvgIpc) is 3.27. The molecular formula is C56H96O6.